The zero-order valence-electron chi connectivity index (χ0n) is 7.12. The zero-order valence-corrected chi connectivity index (χ0v) is 7.12. The molecule has 12 heavy (non-hydrogen) atoms. The average molecular weight is 166 g/mol. The van der Waals surface area contributed by atoms with Crippen LogP contribution in [0.5, 0.6) is 0 Å². The molecule has 0 saturated carbocycles. The maximum Gasteiger partial charge on any atom is 0.234 e. The Hall–Kier alpha value is -1.01. The van der Waals surface area contributed by atoms with Crippen molar-refractivity contribution in [2.75, 3.05) is 13.1 Å². The predicted octanol–water partition coefficient (Wildman–Crippen LogP) is -0.0406. The van der Waals surface area contributed by atoms with Crippen LogP contribution in [-0.4, -0.2) is 29.9 Å². The molecule has 1 aliphatic heterocycles. The van der Waals surface area contributed by atoms with E-state index in [0.29, 0.717) is 6.42 Å². The molecular weight excluding hydrogens is 152 g/mol. The molecule has 1 heterocycles. The monoisotopic (exact) mass is 166 g/mol. The van der Waals surface area contributed by atoms with Crippen LogP contribution in [-0.2, 0) is 4.79 Å². The molecule has 3 heteroatoms. The third-order valence-electron chi connectivity index (χ3n) is 2.24. The van der Waals surface area contributed by atoms with Crippen LogP contribution in [0, 0.1) is 12.3 Å². The highest BCUT2D eigenvalue weighted by Gasteiger charge is 2.27. The van der Waals surface area contributed by atoms with Gasteiger partial charge in [0.2, 0.25) is 5.91 Å². The molecule has 0 aromatic rings. The molecule has 0 aromatic heterocycles. The third kappa shape index (κ3) is 1.99. The van der Waals surface area contributed by atoms with Gasteiger partial charge in [0.25, 0.3) is 0 Å². The Bertz CT molecular complexity index is 207. The molecular formula is C9H14N2O. The highest BCUT2D eigenvalue weighted by Crippen LogP contribution is 2.16. The lowest BCUT2D eigenvalue weighted by molar-refractivity contribution is -0.122. The van der Waals surface area contributed by atoms with Gasteiger partial charge in [-0.05, 0) is 19.4 Å². The molecule has 0 aromatic carbocycles. The molecule has 1 saturated heterocycles. The lowest BCUT2D eigenvalue weighted by Gasteiger charge is -2.20. The van der Waals surface area contributed by atoms with Gasteiger partial charge in [-0.3, -0.25) is 9.69 Å². The van der Waals surface area contributed by atoms with Gasteiger partial charge in [0.15, 0.2) is 0 Å². The second-order valence-electron chi connectivity index (χ2n) is 3.05. The molecule has 0 radical (unpaired) electrons. The van der Waals surface area contributed by atoms with Crippen molar-refractivity contribution in [1.82, 2.24) is 4.90 Å². The summed E-state index contributed by atoms with van der Waals surface area (Å²) < 4.78 is 0. The summed E-state index contributed by atoms with van der Waals surface area (Å²) in [5.41, 5.74) is 5.23. The Kier molecular flexibility index (Phi) is 3.12. The smallest absolute Gasteiger partial charge is 0.234 e. The van der Waals surface area contributed by atoms with Crippen molar-refractivity contribution in [3.63, 3.8) is 0 Å². The average Bonchev–Trinajstić information content (AvgIpc) is 2.48. The Morgan fingerprint density at radius 3 is 3.08 bits per heavy atom. The number of likely N-dealkylation sites (tertiary alicyclic amines) is 1. The summed E-state index contributed by atoms with van der Waals surface area (Å²) in [7, 11) is 0. The lowest BCUT2D eigenvalue weighted by Crippen LogP contribution is -2.40. The SMILES string of the molecule is C#CCCN1CCC[C@@H]1C(N)=O. The van der Waals surface area contributed by atoms with E-state index in [1.165, 1.54) is 0 Å². The minimum atomic E-state index is -0.218. The van der Waals surface area contributed by atoms with E-state index < -0.39 is 0 Å². The Labute approximate surface area is 72.9 Å². The van der Waals surface area contributed by atoms with Crippen LogP contribution in [0.15, 0.2) is 0 Å². The summed E-state index contributed by atoms with van der Waals surface area (Å²) >= 11 is 0. The maximum absolute atomic E-state index is 10.9. The number of nitrogens with two attached hydrogens (primary N) is 1. The van der Waals surface area contributed by atoms with Crippen molar-refractivity contribution in [2.24, 2.45) is 5.73 Å². The fourth-order valence-corrected chi connectivity index (χ4v) is 1.62. The van der Waals surface area contributed by atoms with E-state index in [1.54, 1.807) is 0 Å². The number of primary amides is 1. The standard InChI is InChI=1S/C9H14N2O/c1-2-3-6-11-7-4-5-8(11)9(10)12/h1,8H,3-7H2,(H2,10,12)/t8-/m1/s1. The Balaban J connectivity index is 2.42. The maximum atomic E-state index is 10.9. The number of carbonyl (C=O) groups is 1. The molecule has 1 atom stereocenters. The predicted molar refractivity (Wildman–Crippen MR) is 47.2 cm³/mol. The topological polar surface area (TPSA) is 46.3 Å². The first kappa shape index (κ1) is 9.08. The normalized spacial score (nSPS) is 23.8. The van der Waals surface area contributed by atoms with Gasteiger partial charge in [-0.25, -0.2) is 0 Å². The van der Waals surface area contributed by atoms with Gasteiger partial charge >= 0.3 is 0 Å². The van der Waals surface area contributed by atoms with E-state index >= 15 is 0 Å². The first-order chi connectivity index (χ1) is 5.75. The fraction of sp³-hybridized carbons (Fsp3) is 0.667. The van der Waals surface area contributed by atoms with Gasteiger partial charge in [-0.15, -0.1) is 12.3 Å². The Morgan fingerprint density at radius 1 is 1.75 bits per heavy atom. The molecule has 66 valence electrons. The summed E-state index contributed by atoms with van der Waals surface area (Å²) in [5.74, 6) is 2.34. The van der Waals surface area contributed by atoms with Crippen LogP contribution in [0.1, 0.15) is 19.3 Å². The van der Waals surface area contributed by atoms with Gasteiger partial charge in [-0.1, -0.05) is 0 Å². The van der Waals surface area contributed by atoms with E-state index in [4.69, 9.17) is 12.2 Å². The summed E-state index contributed by atoms with van der Waals surface area (Å²) in [4.78, 5) is 13.0. The molecule has 1 fully saturated rings. The molecule has 1 rings (SSSR count). The molecule has 0 aliphatic carbocycles. The second kappa shape index (κ2) is 4.13. The van der Waals surface area contributed by atoms with Gasteiger partial charge in [0.1, 0.15) is 0 Å². The number of terminal acetylenes is 1. The highest BCUT2D eigenvalue weighted by molar-refractivity contribution is 5.80. The van der Waals surface area contributed by atoms with Gasteiger partial charge < -0.3 is 5.73 Å². The van der Waals surface area contributed by atoms with Gasteiger partial charge in [0.05, 0.1) is 6.04 Å². The highest BCUT2D eigenvalue weighted by atomic mass is 16.1. The van der Waals surface area contributed by atoms with E-state index in [9.17, 15) is 4.79 Å². The van der Waals surface area contributed by atoms with Crippen molar-refractivity contribution in [3.05, 3.63) is 0 Å². The summed E-state index contributed by atoms with van der Waals surface area (Å²) in [6.45, 7) is 1.75. The largest absolute Gasteiger partial charge is 0.368 e. The van der Waals surface area contributed by atoms with E-state index in [1.807, 2.05) is 0 Å². The number of hydrogen-bond acceptors (Lipinski definition) is 2. The van der Waals surface area contributed by atoms with Gasteiger partial charge in [0, 0.05) is 13.0 Å². The van der Waals surface area contributed by atoms with Crippen molar-refractivity contribution in [3.8, 4) is 12.3 Å². The van der Waals surface area contributed by atoms with Crippen molar-refractivity contribution in [1.29, 1.82) is 0 Å². The third-order valence-corrected chi connectivity index (χ3v) is 2.24. The van der Waals surface area contributed by atoms with Crippen LogP contribution in [0.3, 0.4) is 0 Å². The number of nitrogens with zero attached hydrogens (tertiary/aromatic N) is 1. The van der Waals surface area contributed by atoms with Gasteiger partial charge in [-0.2, -0.15) is 0 Å². The number of carbonyl (C=O) groups excluding carboxylic acids is 1. The van der Waals surface area contributed by atoms with E-state index in [-0.39, 0.29) is 11.9 Å². The molecule has 0 unspecified atom stereocenters. The number of rotatable bonds is 3. The molecule has 2 N–H and O–H groups in total. The first-order valence-electron chi connectivity index (χ1n) is 4.22. The number of amides is 1. The van der Waals surface area contributed by atoms with Crippen molar-refractivity contribution in [2.45, 2.75) is 25.3 Å². The zero-order chi connectivity index (χ0) is 8.97. The van der Waals surface area contributed by atoms with E-state index in [2.05, 4.69) is 10.8 Å². The van der Waals surface area contributed by atoms with Crippen molar-refractivity contribution < 1.29 is 4.79 Å². The summed E-state index contributed by atoms with van der Waals surface area (Å²) in [6.07, 6.45) is 7.78. The van der Waals surface area contributed by atoms with E-state index in [0.717, 1.165) is 25.9 Å². The fourth-order valence-electron chi connectivity index (χ4n) is 1.62. The Morgan fingerprint density at radius 2 is 2.50 bits per heavy atom. The first-order valence-corrected chi connectivity index (χ1v) is 4.22. The van der Waals surface area contributed by atoms with Crippen LogP contribution in [0.2, 0.25) is 0 Å². The summed E-state index contributed by atoms with van der Waals surface area (Å²) in [5, 5.41) is 0. The minimum Gasteiger partial charge on any atom is -0.368 e. The van der Waals surface area contributed by atoms with Crippen LogP contribution >= 0.6 is 0 Å². The quantitative estimate of drug-likeness (QED) is 0.598. The second-order valence-corrected chi connectivity index (χ2v) is 3.05. The van der Waals surface area contributed by atoms with Crippen LogP contribution in [0.25, 0.3) is 0 Å². The molecule has 3 nitrogen and oxygen atoms in total. The summed E-state index contributed by atoms with van der Waals surface area (Å²) in [6, 6.07) is -0.0710. The molecule has 1 amide bonds. The van der Waals surface area contributed by atoms with Crippen LogP contribution in [0.4, 0.5) is 0 Å². The molecule has 0 bridgehead atoms. The lowest BCUT2D eigenvalue weighted by atomic mass is 10.2. The molecule has 1 aliphatic rings. The molecule has 0 spiro atoms. The number of hydrogen-bond donors (Lipinski definition) is 1. The van der Waals surface area contributed by atoms with Crippen molar-refractivity contribution >= 4 is 5.91 Å². The minimum absolute atomic E-state index is 0.0710. The van der Waals surface area contributed by atoms with Crippen LogP contribution < -0.4 is 5.73 Å².